The zero-order valence-corrected chi connectivity index (χ0v) is 10.5. The van der Waals surface area contributed by atoms with Gasteiger partial charge in [0.05, 0.1) is 28.0 Å². The maximum atomic E-state index is 10.4. The lowest BCUT2D eigenvalue weighted by atomic mass is 10.2. The average molecular weight is 278 g/mol. The van der Waals surface area contributed by atoms with Crippen LogP contribution in [0.5, 0.6) is 0 Å². The van der Waals surface area contributed by atoms with E-state index in [4.69, 9.17) is 39.4 Å². The van der Waals surface area contributed by atoms with Crippen LogP contribution in [-0.2, 0) is 9.53 Å². The van der Waals surface area contributed by atoms with Crippen LogP contribution in [-0.4, -0.2) is 25.7 Å². The van der Waals surface area contributed by atoms with E-state index in [1.165, 1.54) is 0 Å². The molecule has 0 aliphatic carbocycles. The van der Waals surface area contributed by atoms with Crippen LogP contribution in [0.15, 0.2) is 12.1 Å². The van der Waals surface area contributed by atoms with Crippen molar-refractivity contribution in [1.82, 2.24) is 0 Å². The molecule has 0 aliphatic rings. The summed E-state index contributed by atoms with van der Waals surface area (Å²) in [6.45, 7) is 0.719. The standard InChI is InChI=1S/C10H13Cl2N3O2/c11-6-3-8(13)9(4-7(6)12)15-1-2-17-5-10(14)16/h3-4,15H,1-2,5,13H2,(H2,14,16). The molecule has 7 heteroatoms. The number of nitrogen functional groups attached to an aromatic ring is 1. The number of nitrogens with two attached hydrogens (primary N) is 2. The molecule has 0 saturated heterocycles. The molecule has 5 N–H and O–H groups in total. The van der Waals surface area contributed by atoms with Gasteiger partial charge in [0.2, 0.25) is 5.91 Å². The number of rotatable bonds is 6. The normalized spacial score (nSPS) is 10.2. The molecule has 1 rings (SSSR count). The Kier molecular flexibility index (Phi) is 5.34. The number of primary amides is 1. The highest BCUT2D eigenvalue weighted by Crippen LogP contribution is 2.30. The zero-order chi connectivity index (χ0) is 12.8. The smallest absolute Gasteiger partial charge is 0.243 e. The van der Waals surface area contributed by atoms with Gasteiger partial charge in [-0.15, -0.1) is 0 Å². The fourth-order valence-electron chi connectivity index (χ4n) is 1.15. The van der Waals surface area contributed by atoms with Gasteiger partial charge in [-0.3, -0.25) is 4.79 Å². The summed E-state index contributed by atoms with van der Waals surface area (Å²) >= 11 is 11.6. The quantitative estimate of drug-likeness (QED) is 0.543. The summed E-state index contributed by atoms with van der Waals surface area (Å²) in [6, 6.07) is 3.20. The SMILES string of the molecule is NC(=O)COCCNc1cc(Cl)c(Cl)cc1N. The summed E-state index contributed by atoms with van der Waals surface area (Å²) in [7, 11) is 0. The Balaban J connectivity index is 2.41. The Bertz CT molecular complexity index is 413. The van der Waals surface area contributed by atoms with Crippen molar-refractivity contribution in [3.63, 3.8) is 0 Å². The molecular weight excluding hydrogens is 265 g/mol. The van der Waals surface area contributed by atoms with Gasteiger partial charge < -0.3 is 21.5 Å². The molecule has 1 aromatic carbocycles. The van der Waals surface area contributed by atoms with Crippen molar-refractivity contribution < 1.29 is 9.53 Å². The van der Waals surface area contributed by atoms with Crippen molar-refractivity contribution in [2.75, 3.05) is 30.8 Å². The van der Waals surface area contributed by atoms with E-state index in [0.29, 0.717) is 34.6 Å². The van der Waals surface area contributed by atoms with Gasteiger partial charge in [0, 0.05) is 6.54 Å². The summed E-state index contributed by atoms with van der Waals surface area (Å²) in [6.07, 6.45) is 0. The van der Waals surface area contributed by atoms with Gasteiger partial charge in [-0.25, -0.2) is 0 Å². The molecule has 0 aliphatic heterocycles. The Morgan fingerprint density at radius 3 is 2.65 bits per heavy atom. The number of carbonyl (C=O) groups excluding carboxylic acids is 1. The first kappa shape index (κ1) is 13.9. The van der Waals surface area contributed by atoms with Crippen LogP contribution >= 0.6 is 23.2 Å². The van der Waals surface area contributed by atoms with Gasteiger partial charge in [-0.2, -0.15) is 0 Å². The van der Waals surface area contributed by atoms with Gasteiger partial charge in [0.1, 0.15) is 6.61 Å². The largest absolute Gasteiger partial charge is 0.397 e. The monoisotopic (exact) mass is 277 g/mol. The first-order chi connectivity index (χ1) is 8.00. The minimum Gasteiger partial charge on any atom is -0.397 e. The molecule has 0 unspecified atom stereocenters. The van der Waals surface area contributed by atoms with Gasteiger partial charge in [-0.05, 0) is 12.1 Å². The second kappa shape index (κ2) is 6.54. The minimum absolute atomic E-state index is 0.0987. The molecule has 0 saturated carbocycles. The van der Waals surface area contributed by atoms with E-state index in [-0.39, 0.29) is 6.61 Å². The Morgan fingerprint density at radius 2 is 2.00 bits per heavy atom. The van der Waals surface area contributed by atoms with Gasteiger partial charge in [0.15, 0.2) is 0 Å². The van der Waals surface area contributed by atoms with E-state index in [1.807, 2.05) is 0 Å². The Hall–Kier alpha value is -1.17. The number of ether oxygens (including phenoxy) is 1. The minimum atomic E-state index is -0.501. The molecule has 0 fully saturated rings. The summed E-state index contributed by atoms with van der Waals surface area (Å²) < 4.78 is 4.97. The highest BCUT2D eigenvalue weighted by Gasteiger charge is 2.04. The van der Waals surface area contributed by atoms with Crippen molar-refractivity contribution in [3.05, 3.63) is 22.2 Å². The number of halogens is 2. The highest BCUT2D eigenvalue weighted by atomic mass is 35.5. The van der Waals surface area contributed by atoms with Crippen LogP contribution in [0.3, 0.4) is 0 Å². The lowest BCUT2D eigenvalue weighted by Crippen LogP contribution is -2.20. The van der Waals surface area contributed by atoms with E-state index < -0.39 is 5.91 Å². The fourth-order valence-corrected chi connectivity index (χ4v) is 1.48. The topological polar surface area (TPSA) is 90.4 Å². The Labute approximate surface area is 109 Å². The molecule has 0 spiro atoms. The second-order valence-electron chi connectivity index (χ2n) is 3.30. The zero-order valence-electron chi connectivity index (χ0n) is 9.00. The van der Waals surface area contributed by atoms with Crippen molar-refractivity contribution in [2.45, 2.75) is 0 Å². The summed E-state index contributed by atoms with van der Waals surface area (Å²) in [5.74, 6) is -0.501. The molecule has 1 amide bonds. The molecule has 0 bridgehead atoms. The molecule has 0 aromatic heterocycles. The molecular formula is C10H13Cl2N3O2. The van der Waals surface area contributed by atoms with Crippen molar-refractivity contribution in [2.24, 2.45) is 5.73 Å². The second-order valence-corrected chi connectivity index (χ2v) is 4.11. The molecule has 0 heterocycles. The molecule has 94 valence electrons. The van der Waals surface area contributed by atoms with Crippen molar-refractivity contribution in [1.29, 1.82) is 0 Å². The lowest BCUT2D eigenvalue weighted by Gasteiger charge is -2.10. The van der Waals surface area contributed by atoms with E-state index in [1.54, 1.807) is 12.1 Å². The van der Waals surface area contributed by atoms with E-state index >= 15 is 0 Å². The number of hydrogen-bond donors (Lipinski definition) is 3. The molecule has 0 radical (unpaired) electrons. The number of carbonyl (C=O) groups is 1. The first-order valence-corrected chi connectivity index (χ1v) is 5.60. The van der Waals surface area contributed by atoms with Gasteiger partial charge >= 0.3 is 0 Å². The molecule has 1 aromatic rings. The maximum Gasteiger partial charge on any atom is 0.243 e. The lowest BCUT2D eigenvalue weighted by molar-refractivity contribution is -0.122. The highest BCUT2D eigenvalue weighted by molar-refractivity contribution is 6.42. The summed E-state index contributed by atoms with van der Waals surface area (Å²) in [5.41, 5.74) is 11.8. The van der Waals surface area contributed by atoms with Crippen LogP contribution in [0.25, 0.3) is 0 Å². The fraction of sp³-hybridized carbons (Fsp3) is 0.300. The van der Waals surface area contributed by atoms with Crippen LogP contribution in [0.2, 0.25) is 10.0 Å². The van der Waals surface area contributed by atoms with Gasteiger partial charge in [0.25, 0.3) is 0 Å². The van der Waals surface area contributed by atoms with E-state index in [2.05, 4.69) is 5.32 Å². The van der Waals surface area contributed by atoms with Crippen LogP contribution in [0, 0.1) is 0 Å². The summed E-state index contributed by atoms with van der Waals surface area (Å²) in [5, 5.41) is 3.83. The van der Waals surface area contributed by atoms with Crippen LogP contribution in [0.4, 0.5) is 11.4 Å². The van der Waals surface area contributed by atoms with E-state index in [0.717, 1.165) is 0 Å². The third kappa shape index (κ3) is 4.68. The van der Waals surface area contributed by atoms with Crippen LogP contribution in [0.1, 0.15) is 0 Å². The third-order valence-corrected chi connectivity index (χ3v) is 2.62. The predicted octanol–water partition coefficient (Wildman–Crippen LogP) is 1.49. The van der Waals surface area contributed by atoms with Crippen LogP contribution < -0.4 is 16.8 Å². The number of hydrogen-bond acceptors (Lipinski definition) is 4. The molecule has 0 atom stereocenters. The van der Waals surface area contributed by atoms with Crippen molar-refractivity contribution in [3.8, 4) is 0 Å². The number of amides is 1. The maximum absolute atomic E-state index is 10.4. The first-order valence-electron chi connectivity index (χ1n) is 4.85. The van der Waals surface area contributed by atoms with Gasteiger partial charge in [-0.1, -0.05) is 23.2 Å². The number of benzene rings is 1. The molecule has 17 heavy (non-hydrogen) atoms. The average Bonchev–Trinajstić information content (AvgIpc) is 2.24. The predicted molar refractivity (Wildman–Crippen MR) is 69.4 cm³/mol. The summed E-state index contributed by atoms with van der Waals surface area (Å²) in [4.78, 5) is 10.4. The third-order valence-electron chi connectivity index (χ3n) is 1.90. The van der Waals surface area contributed by atoms with Crippen molar-refractivity contribution >= 4 is 40.5 Å². The van der Waals surface area contributed by atoms with E-state index in [9.17, 15) is 4.79 Å². The molecule has 5 nitrogen and oxygen atoms in total. The Morgan fingerprint density at radius 1 is 1.35 bits per heavy atom. The number of anilines is 2. The number of nitrogens with one attached hydrogen (secondary N) is 1.